The molecule has 1 heterocycles. The SMILES string of the molecule is O=C(OCCCl)c1nccc(Cl)n1. The number of carbonyl (C=O) groups is 1. The zero-order valence-corrected chi connectivity index (χ0v) is 8.05. The summed E-state index contributed by atoms with van der Waals surface area (Å²) in [4.78, 5) is 18.4. The van der Waals surface area contributed by atoms with Crippen molar-refractivity contribution in [3.8, 4) is 0 Å². The summed E-state index contributed by atoms with van der Waals surface area (Å²) in [5, 5.41) is 0.202. The van der Waals surface area contributed by atoms with Crippen LogP contribution < -0.4 is 0 Å². The lowest BCUT2D eigenvalue weighted by molar-refractivity contribution is 0.0514. The lowest BCUT2D eigenvalue weighted by Crippen LogP contribution is -2.11. The first kappa shape index (κ1) is 10.2. The second-order valence-corrected chi connectivity index (χ2v) is 2.79. The van der Waals surface area contributed by atoms with Crippen LogP contribution in [0.25, 0.3) is 0 Å². The summed E-state index contributed by atoms with van der Waals surface area (Å²) in [7, 11) is 0. The molecule has 0 bridgehead atoms. The molecule has 0 radical (unpaired) electrons. The molecule has 0 saturated carbocycles. The third-order valence-corrected chi connectivity index (χ3v) is 1.48. The summed E-state index contributed by atoms with van der Waals surface area (Å²) in [5.74, 6) is -0.437. The molecule has 4 nitrogen and oxygen atoms in total. The number of hydrogen-bond donors (Lipinski definition) is 0. The van der Waals surface area contributed by atoms with Gasteiger partial charge in [0.15, 0.2) is 0 Å². The molecule has 0 saturated heterocycles. The molecule has 1 aromatic heterocycles. The zero-order valence-electron chi connectivity index (χ0n) is 6.54. The minimum absolute atomic E-state index is 0.0578. The Kier molecular flexibility index (Phi) is 3.92. The van der Waals surface area contributed by atoms with Gasteiger partial charge in [-0.3, -0.25) is 0 Å². The quantitative estimate of drug-likeness (QED) is 0.441. The predicted molar refractivity (Wildman–Crippen MR) is 48.0 cm³/mol. The van der Waals surface area contributed by atoms with Gasteiger partial charge < -0.3 is 4.74 Å². The summed E-state index contributed by atoms with van der Waals surface area (Å²) in [5.41, 5.74) is 0. The molecule has 1 rings (SSSR count). The van der Waals surface area contributed by atoms with E-state index < -0.39 is 5.97 Å². The third-order valence-electron chi connectivity index (χ3n) is 1.11. The third kappa shape index (κ3) is 3.16. The first-order valence-electron chi connectivity index (χ1n) is 3.45. The van der Waals surface area contributed by atoms with E-state index in [1.54, 1.807) is 0 Å². The maximum atomic E-state index is 11.1. The second kappa shape index (κ2) is 4.99. The maximum absolute atomic E-state index is 11.1. The number of nitrogens with zero attached hydrogens (tertiary/aromatic N) is 2. The van der Waals surface area contributed by atoms with Gasteiger partial charge in [-0.1, -0.05) is 11.6 Å². The van der Waals surface area contributed by atoms with E-state index in [0.29, 0.717) is 0 Å². The Bertz CT molecular complexity index is 306. The largest absolute Gasteiger partial charge is 0.459 e. The molecule has 1 aromatic rings. The van der Waals surface area contributed by atoms with Crippen molar-refractivity contribution in [1.82, 2.24) is 9.97 Å². The Labute approximate surface area is 84.8 Å². The number of ether oxygens (including phenoxy) is 1. The van der Waals surface area contributed by atoms with Gasteiger partial charge in [-0.15, -0.1) is 11.6 Å². The normalized spacial score (nSPS) is 9.69. The molecular formula is C7H6Cl2N2O2. The van der Waals surface area contributed by atoms with Gasteiger partial charge in [-0.2, -0.15) is 0 Å². The Hall–Kier alpha value is -0.870. The minimum Gasteiger partial charge on any atom is -0.459 e. The molecule has 0 spiro atoms. The van der Waals surface area contributed by atoms with Gasteiger partial charge in [0.2, 0.25) is 5.82 Å². The number of rotatable bonds is 3. The standard InChI is InChI=1S/C7H6Cl2N2O2/c8-2-4-13-7(12)6-10-3-1-5(9)11-6/h1,3H,2,4H2. The predicted octanol–water partition coefficient (Wildman–Crippen LogP) is 1.53. The van der Waals surface area contributed by atoms with Gasteiger partial charge >= 0.3 is 5.97 Å². The Morgan fingerprint density at radius 3 is 3.00 bits per heavy atom. The average molecular weight is 221 g/mol. The summed E-state index contributed by atoms with van der Waals surface area (Å²) in [6.45, 7) is 0.135. The maximum Gasteiger partial charge on any atom is 0.376 e. The number of esters is 1. The van der Waals surface area contributed by atoms with Crippen molar-refractivity contribution in [2.24, 2.45) is 0 Å². The van der Waals surface area contributed by atoms with Crippen LogP contribution in [0.3, 0.4) is 0 Å². The van der Waals surface area contributed by atoms with E-state index >= 15 is 0 Å². The fourth-order valence-corrected chi connectivity index (χ4v) is 0.844. The molecule has 13 heavy (non-hydrogen) atoms. The van der Waals surface area contributed by atoms with Gasteiger partial charge in [-0.05, 0) is 6.07 Å². The molecular weight excluding hydrogens is 215 g/mol. The summed E-state index contributed by atoms with van der Waals surface area (Å²) in [6, 6.07) is 1.47. The molecule has 0 aromatic carbocycles. The lowest BCUT2D eigenvalue weighted by Gasteiger charge is -1.99. The number of alkyl halides is 1. The van der Waals surface area contributed by atoms with Crippen molar-refractivity contribution < 1.29 is 9.53 Å². The van der Waals surface area contributed by atoms with E-state index in [2.05, 4.69) is 14.7 Å². The van der Waals surface area contributed by atoms with E-state index in [-0.39, 0.29) is 23.5 Å². The van der Waals surface area contributed by atoms with Crippen molar-refractivity contribution in [3.63, 3.8) is 0 Å². The minimum atomic E-state index is -0.622. The first-order valence-corrected chi connectivity index (χ1v) is 4.37. The second-order valence-electron chi connectivity index (χ2n) is 2.03. The Balaban J connectivity index is 2.66. The highest BCUT2D eigenvalue weighted by molar-refractivity contribution is 6.29. The van der Waals surface area contributed by atoms with Gasteiger partial charge in [0.25, 0.3) is 0 Å². The van der Waals surface area contributed by atoms with E-state index in [4.69, 9.17) is 23.2 Å². The molecule has 0 aliphatic carbocycles. The molecule has 0 aliphatic rings. The van der Waals surface area contributed by atoms with E-state index in [9.17, 15) is 4.79 Å². The van der Waals surface area contributed by atoms with Crippen molar-refractivity contribution in [2.45, 2.75) is 0 Å². The molecule has 0 N–H and O–H groups in total. The van der Waals surface area contributed by atoms with Crippen molar-refractivity contribution in [2.75, 3.05) is 12.5 Å². The number of aromatic nitrogens is 2. The van der Waals surface area contributed by atoms with Crippen LogP contribution in [-0.4, -0.2) is 28.4 Å². The fraction of sp³-hybridized carbons (Fsp3) is 0.286. The monoisotopic (exact) mass is 220 g/mol. The molecule has 0 fully saturated rings. The van der Waals surface area contributed by atoms with Crippen LogP contribution in [0.4, 0.5) is 0 Å². The first-order chi connectivity index (χ1) is 6.24. The fourth-order valence-electron chi connectivity index (χ4n) is 0.631. The van der Waals surface area contributed by atoms with Crippen molar-refractivity contribution >= 4 is 29.2 Å². The summed E-state index contributed by atoms with van der Waals surface area (Å²) >= 11 is 10.9. The van der Waals surface area contributed by atoms with Crippen LogP contribution in [0, 0.1) is 0 Å². The average Bonchev–Trinajstić information content (AvgIpc) is 2.14. The summed E-state index contributed by atoms with van der Waals surface area (Å²) < 4.78 is 4.68. The Morgan fingerprint density at radius 2 is 2.38 bits per heavy atom. The van der Waals surface area contributed by atoms with Crippen LogP contribution in [0.2, 0.25) is 5.15 Å². The number of halogens is 2. The van der Waals surface area contributed by atoms with Crippen molar-refractivity contribution in [1.29, 1.82) is 0 Å². The van der Waals surface area contributed by atoms with Gasteiger partial charge in [0.1, 0.15) is 11.8 Å². The van der Waals surface area contributed by atoms with E-state index in [1.807, 2.05) is 0 Å². The van der Waals surface area contributed by atoms with E-state index in [1.165, 1.54) is 12.3 Å². The van der Waals surface area contributed by atoms with Crippen molar-refractivity contribution in [3.05, 3.63) is 23.2 Å². The number of hydrogen-bond acceptors (Lipinski definition) is 4. The van der Waals surface area contributed by atoms with E-state index in [0.717, 1.165) is 0 Å². The molecule has 6 heteroatoms. The highest BCUT2D eigenvalue weighted by Crippen LogP contribution is 2.03. The Morgan fingerprint density at radius 1 is 1.62 bits per heavy atom. The van der Waals surface area contributed by atoms with Gasteiger partial charge in [0.05, 0.1) is 5.88 Å². The smallest absolute Gasteiger partial charge is 0.376 e. The molecule has 0 amide bonds. The van der Waals surface area contributed by atoms with Gasteiger partial charge in [0, 0.05) is 6.20 Å². The van der Waals surface area contributed by atoms with Gasteiger partial charge in [-0.25, -0.2) is 14.8 Å². The highest BCUT2D eigenvalue weighted by Gasteiger charge is 2.09. The molecule has 70 valence electrons. The van der Waals surface area contributed by atoms with Crippen LogP contribution in [-0.2, 0) is 4.74 Å². The van der Waals surface area contributed by atoms with Crippen LogP contribution in [0.1, 0.15) is 10.6 Å². The topological polar surface area (TPSA) is 52.1 Å². The highest BCUT2D eigenvalue weighted by atomic mass is 35.5. The molecule has 0 atom stereocenters. The summed E-state index contributed by atoms with van der Waals surface area (Å²) in [6.07, 6.45) is 1.38. The number of carbonyl (C=O) groups excluding carboxylic acids is 1. The zero-order chi connectivity index (χ0) is 9.68. The van der Waals surface area contributed by atoms with Crippen LogP contribution >= 0.6 is 23.2 Å². The molecule has 0 aliphatic heterocycles. The van der Waals surface area contributed by atoms with Crippen LogP contribution in [0.15, 0.2) is 12.3 Å². The molecule has 0 unspecified atom stereocenters. The lowest BCUT2D eigenvalue weighted by atomic mass is 10.5. The van der Waals surface area contributed by atoms with Crippen LogP contribution in [0.5, 0.6) is 0 Å².